The van der Waals surface area contributed by atoms with Gasteiger partial charge in [-0.15, -0.1) is 0 Å². The van der Waals surface area contributed by atoms with E-state index < -0.39 is 5.60 Å². The second-order valence-corrected chi connectivity index (χ2v) is 36.5. The molecule has 0 atom stereocenters. The molecule has 710 valence electrons. The summed E-state index contributed by atoms with van der Waals surface area (Å²) in [6, 6.07) is 114. The Kier molecular flexibility index (Phi) is 29.1. The van der Waals surface area contributed by atoms with Crippen molar-refractivity contribution in [1.82, 2.24) is 47.8 Å². The number of carbonyl (C=O) groups excluding carboxylic acids is 1. The van der Waals surface area contributed by atoms with Gasteiger partial charge in [-0.1, -0.05) is 115 Å². The van der Waals surface area contributed by atoms with E-state index in [4.69, 9.17) is 28.4 Å². The molecule has 22 rings (SSSR count). The van der Waals surface area contributed by atoms with E-state index in [9.17, 15) is 9.90 Å². The van der Waals surface area contributed by atoms with Crippen LogP contribution in [0.2, 0.25) is 0 Å². The number of hydrogen-bond acceptors (Lipinski definition) is 16. The molecule has 2 aliphatic heterocycles. The number of rotatable bonds is 22. The van der Waals surface area contributed by atoms with E-state index in [0.717, 1.165) is 172 Å². The summed E-state index contributed by atoms with van der Waals surface area (Å²) in [7, 11) is 9.13. The number of ether oxygens (including phenoxy) is 6. The van der Waals surface area contributed by atoms with Crippen LogP contribution in [-0.2, 0) is 10.3 Å². The molecule has 21 heteroatoms. The second kappa shape index (κ2) is 43.1. The fraction of sp³-hybridized carbons (Fsp3) is 0.200. The summed E-state index contributed by atoms with van der Waals surface area (Å²) in [5, 5.41) is 10.2. The van der Waals surface area contributed by atoms with E-state index in [1.807, 2.05) is 217 Å². The summed E-state index contributed by atoms with van der Waals surface area (Å²) in [6.07, 6.45) is 13.6. The third-order valence-electron chi connectivity index (χ3n) is 25.5. The highest BCUT2D eigenvalue weighted by molar-refractivity contribution is 5.95. The molecular weight excluding hydrogens is 1750 g/mol. The number of anilines is 3. The third-order valence-corrected chi connectivity index (χ3v) is 25.5. The Morgan fingerprint density at radius 3 is 0.830 bits per heavy atom. The van der Waals surface area contributed by atoms with Crippen LogP contribution in [0.25, 0.3) is 139 Å². The maximum absolute atomic E-state index is 11.5. The molecule has 0 aliphatic carbocycles. The van der Waals surface area contributed by atoms with Crippen LogP contribution in [0.15, 0.2) is 365 Å². The standard InChI is InChI=1S/C25H25N3O.C25H26N2O2.C24H23N3O2.C24H25N3O.C22H18N2O2/c1-29-23-12-10-22(11-13-23)28-18-26-24-14-7-20(17-25(24)28)19-5-8-21(9-6-19)27-15-3-2-4-16-27;1-17(2)29-22-12-10-21(11-13-22)27-16-26-23-14-7-19(15-24(23)27)18-5-8-20(9-6-18)25(3,4)28;1-28-22-9-7-21(8-10-22)27-17-25-23-11-4-19(16-24(23)27)18-2-5-20(6-3-18)26-12-14-29-15-13-26;1-17(2)28-22-12-10-21(11-13-22)27-16-25-23-14-7-19(15-24(23)27)18-5-8-20(9-6-18)26(3)4;1-15(25)16-3-5-17(6-4-16)18-7-12-21-22(13-18)24(14-23-21)19-8-10-20(26-2)11-9-19/h5-14,17-18H,2-4,15-16H2,1H3;5-17,28H,1-4H3;2-11,16-17H,12-15H2,1H3;5-17H,1-4H3;3-14H,1-2H3. The van der Waals surface area contributed by atoms with Crippen LogP contribution >= 0.6 is 0 Å². The molecule has 0 unspecified atom stereocenters. The van der Waals surface area contributed by atoms with Crippen molar-refractivity contribution in [3.05, 3.63) is 376 Å². The number of methoxy groups -OCH3 is 3. The van der Waals surface area contributed by atoms with Gasteiger partial charge in [-0.05, 0) is 347 Å². The normalized spacial score (nSPS) is 12.6. The first-order valence-corrected chi connectivity index (χ1v) is 48.0. The Morgan fingerprint density at radius 2 is 0.567 bits per heavy atom. The monoisotopic (exact) mass is 1870 g/mol. The first kappa shape index (κ1) is 95.0. The van der Waals surface area contributed by atoms with Crippen molar-refractivity contribution in [2.24, 2.45) is 0 Å². The molecule has 20 aromatic rings. The number of morpholine rings is 1. The topological polar surface area (TPSA) is 192 Å². The second-order valence-electron chi connectivity index (χ2n) is 36.5. The largest absolute Gasteiger partial charge is 0.497 e. The first-order chi connectivity index (χ1) is 68.6. The Hall–Kier alpha value is -16.4. The molecule has 0 bridgehead atoms. The van der Waals surface area contributed by atoms with Gasteiger partial charge in [-0.3, -0.25) is 27.6 Å². The SMILES string of the molecule is CC(C)Oc1ccc(-n2cnc3ccc(-c4ccc(C(C)(C)O)cc4)cc32)cc1.CC(C)Oc1ccc(-n2cnc3ccc(-c4ccc(N(C)C)cc4)cc32)cc1.COc1ccc(-n2cnc3ccc(-c4ccc(C(C)=O)cc4)cc32)cc1.COc1ccc(-n2cnc3ccc(-c4ccc(N5CCCCC5)cc4)cc32)cc1.COc1ccc(-n2cnc3ccc(-c4ccc(N5CCOCC5)cc4)cc32)cc1. The average Bonchev–Trinajstić information content (AvgIpc) is 1.67. The van der Waals surface area contributed by atoms with Crippen LogP contribution in [0.1, 0.15) is 83.7 Å². The van der Waals surface area contributed by atoms with Crippen LogP contribution in [0.4, 0.5) is 17.1 Å². The highest BCUT2D eigenvalue weighted by Crippen LogP contribution is 2.37. The fourth-order valence-electron chi connectivity index (χ4n) is 17.7. The van der Waals surface area contributed by atoms with Crippen molar-refractivity contribution < 1.29 is 38.3 Å². The minimum absolute atomic E-state index is 0.0737. The van der Waals surface area contributed by atoms with Gasteiger partial charge < -0.3 is 48.2 Å². The Morgan fingerprint density at radius 1 is 0.319 bits per heavy atom. The lowest BCUT2D eigenvalue weighted by Gasteiger charge is -2.28. The van der Waals surface area contributed by atoms with Gasteiger partial charge in [0.05, 0.1) is 108 Å². The van der Waals surface area contributed by atoms with E-state index in [0.29, 0.717) is 0 Å². The summed E-state index contributed by atoms with van der Waals surface area (Å²) < 4.78 is 43.2. The van der Waals surface area contributed by atoms with Gasteiger partial charge in [-0.25, -0.2) is 24.9 Å². The van der Waals surface area contributed by atoms with Gasteiger partial charge >= 0.3 is 0 Å². The average molecular weight is 1870 g/mol. The summed E-state index contributed by atoms with van der Waals surface area (Å²) in [5.41, 5.74) is 31.6. The Labute approximate surface area is 823 Å². The maximum Gasteiger partial charge on any atom is 0.159 e. The number of imidazole rings is 5. The van der Waals surface area contributed by atoms with E-state index in [1.165, 1.54) is 82.8 Å². The van der Waals surface area contributed by atoms with Gasteiger partial charge in [-0.2, -0.15) is 0 Å². The van der Waals surface area contributed by atoms with Crippen LogP contribution in [-0.4, -0.2) is 146 Å². The zero-order valence-corrected chi connectivity index (χ0v) is 81.8. The molecular formula is C120H117N13O8. The molecule has 1 N–H and O–H groups in total. The molecule has 7 heterocycles. The number of nitrogens with zero attached hydrogens (tertiary/aromatic N) is 13. The van der Waals surface area contributed by atoms with Crippen molar-refractivity contribution in [2.45, 2.75) is 85.5 Å². The number of fused-ring (bicyclic) bond motifs is 5. The van der Waals surface area contributed by atoms with Gasteiger partial charge in [0.15, 0.2) is 5.78 Å². The number of benzene rings is 15. The minimum atomic E-state index is -0.841. The molecule has 21 nitrogen and oxygen atoms in total. The predicted molar refractivity (Wildman–Crippen MR) is 572 cm³/mol. The zero-order valence-electron chi connectivity index (χ0n) is 81.8. The smallest absolute Gasteiger partial charge is 0.159 e. The van der Waals surface area contributed by atoms with E-state index in [1.54, 1.807) is 42.1 Å². The molecule has 0 spiro atoms. The molecule has 2 fully saturated rings. The van der Waals surface area contributed by atoms with Gasteiger partial charge in [0, 0.05) is 91.3 Å². The number of ketones is 1. The van der Waals surface area contributed by atoms with Crippen molar-refractivity contribution in [3.8, 4) is 113 Å². The molecule has 15 aromatic carbocycles. The quantitative estimate of drug-likeness (QED) is 0.0630. The van der Waals surface area contributed by atoms with Crippen LogP contribution in [0, 0.1) is 0 Å². The van der Waals surface area contributed by atoms with Gasteiger partial charge in [0.2, 0.25) is 0 Å². The van der Waals surface area contributed by atoms with Crippen molar-refractivity contribution in [2.75, 3.05) is 89.5 Å². The van der Waals surface area contributed by atoms with E-state index in [2.05, 4.69) is 252 Å². The van der Waals surface area contributed by atoms with Crippen LogP contribution in [0.5, 0.6) is 28.7 Å². The molecule has 0 amide bonds. The van der Waals surface area contributed by atoms with Crippen LogP contribution in [0.3, 0.4) is 0 Å². The highest BCUT2D eigenvalue weighted by Gasteiger charge is 2.21. The number of hydrogen-bond donors (Lipinski definition) is 1. The van der Waals surface area contributed by atoms with Crippen molar-refractivity contribution >= 4 is 78.0 Å². The summed E-state index contributed by atoms with van der Waals surface area (Å²) in [4.78, 5) is 41.2. The van der Waals surface area contributed by atoms with E-state index in [-0.39, 0.29) is 18.0 Å². The number of aliphatic hydroxyl groups is 1. The maximum atomic E-state index is 11.5. The lowest BCUT2D eigenvalue weighted by atomic mass is 9.95. The van der Waals surface area contributed by atoms with Gasteiger partial charge in [0.1, 0.15) is 60.4 Å². The Bertz CT molecular complexity index is 7420. The molecule has 0 saturated carbocycles. The predicted octanol–water partition coefficient (Wildman–Crippen LogP) is 26.4. The molecule has 0 radical (unpaired) electrons. The number of piperidine rings is 1. The Balaban J connectivity index is 0.000000117. The summed E-state index contributed by atoms with van der Waals surface area (Å²) >= 11 is 0. The van der Waals surface area contributed by atoms with Crippen molar-refractivity contribution in [3.63, 3.8) is 0 Å². The molecule has 2 aliphatic rings. The van der Waals surface area contributed by atoms with E-state index >= 15 is 0 Å². The van der Waals surface area contributed by atoms with Crippen molar-refractivity contribution in [1.29, 1.82) is 0 Å². The fourth-order valence-corrected chi connectivity index (χ4v) is 17.7. The molecule has 5 aromatic heterocycles. The highest BCUT2D eigenvalue weighted by atomic mass is 16.5. The number of Topliss-reactive ketones (excluding diaryl/α,β-unsaturated/α-hetero) is 1. The van der Waals surface area contributed by atoms with Crippen LogP contribution < -0.4 is 38.4 Å². The zero-order chi connectivity index (χ0) is 97.6. The lowest BCUT2D eigenvalue weighted by Crippen LogP contribution is -2.36. The molecule has 141 heavy (non-hydrogen) atoms. The number of carbonyl (C=O) groups is 1. The first-order valence-electron chi connectivity index (χ1n) is 48.0. The number of aromatic nitrogens is 10. The van der Waals surface area contributed by atoms with Gasteiger partial charge in [0.25, 0.3) is 0 Å². The molecule has 2 saturated heterocycles. The summed E-state index contributed by atoms with van der Waals surface area (Å²) in [6.45, 7) is 19.1. The minimum Gasteiger partial charge on any atom is -0.497 e. The lowest BCUT2D eigenvalue weighted by molar-refractivity contribution is 0.0786. The summed E-state index contributed by atoms with van der Waals surface area (Å²) in [5.74, 6) is 4.34. The third kappa shape index (κ3) is 22.4.